The van der Waals surface area contributed by atoms with Crippen molar-refractivity contribution in [1.82, 2.24) is 10.2 Å². The standard InChI is InChI=1S/C18H36N2/c1-4-11-19-17-10-9-15(5-2)13-18(17)20-12-7-8-16(6-3)14-20/h15-19H,4-14H2,1-3H3. The molecule has 1 aliphatic heterocycles. The molecule has 4 atom stereocenters. The fourth-order valence-corrected chi connectivity index (χ4v) is 4.31. The summed E-state index contributed by atoms with van der Waals surface area (Å²) in [5.41, 5.74) is 0. The van der Waals surface area contributed by atoms with Crippen molar-refractivity contribution < 1.29 is 0 Å². The lowest BCUT2D eigenvalue weighted by Gasteiger charge is -2.46. The zero-order valence-electron chi connectivity index (χ0n) is 14.0. The molecule has 0 amide bonds. The molecule has 1 aliphatic carbocycles. The van der Waals surface area contributed by atoms with Crippen molar-refractivity contribution in [3.8, 4) is 0 Å². The average molecular weight is 280 g/mol. The first kappa shape index (κ1) is 16.3. The van der Waals surface area contributed by atoms with Gasteiger partial charge in [-0.15, -0.1) is 0 Å². The van der Waals surface area contributed by atoms with Gasteiger partial charge in [-0.2, -0.15) is 0 Å². The number of nitrogens with zero attached hydrogens (tertiary/aromatic N) is 1. The van der Waals surface area contributed by atoms with Crippen LogP contribution in [0.15, 0.2) is 0 Å². The van der Waals surface area contributed by atoms with Crippen LogP contribution in [0, 0.1) is 11.8 Å². The van der Waals surface area contributed by atoms with Crippen LogP contribution in [0.3, 0.4) is 0 Å². The second-order valence-corrected chi connectivity index (χ2v) is 7.13. The van der Waals surface area contributed by atoms with Crippen molar-refractivity contribution in [2.75, 3.05) is 19.6 Å². The largest absolute Gasteiger partial charge is 0.312 e. The van der Waals surface area contributed by atoms with Gasteiger partial charge in [0.1, 0.15) is 0 Å². The van der Waals surface area contributed by atoms with Crippen LogP contribution in [-0.4, -0.2) is 36.6 Å². The summed E-state index contributed by atoms with van der Waals surface area (Å²) in [6.07, 6.45) is 11.2. The molecule has 2 rings (SSSR count). The van der Waals surface area contributed by atoms with Gasteiger partial charge >= 0.3 is 0 Å². The zero-order valence-corrected chi connectivity index (χ0v) is 14.0. The fraction of sp³-hybridized carbons (Fsp3) is 1.00. The highest BCUT2D eigenvalue weighted by Gasteiger charge is 2.35. The Morgan fingerprint density at radius 2 is 1.80 bits per heavy atom. The first-order valence-electron chi connectivity index (χ1n) is 9.25. The van der Waals surface area contributed by atoms with Crippen LogP contribution in [0.5, 0.6) is 0 Å². The summed E-state index contributed by atoms with van der Waals surface area (Å²) in [5.74, 6) is 1.93. The molecule has 1 saturated heterocycles. The maximum absolute atomic E-state index is 3.85. The van der Waals surface area contributed by atoms with E-state index in [1.54, 1.807) is 0 Å². The van der Waals surface area contributed by atoms with Gasteiger partial charge < -0.3 is 5.32 Å². The second-order valence-electron chi connectivity index (χ2n) is 7.13. The number of hydrogen-bond donors (Lipinski definition) is 1. The molecule has 2 fully saturated rings. The van der Waals surface area contributed by atoms with Crippen molar-refractivity contribution in [1.29, 1.82) is 0 Å². The molecular formula is C18H36N2. The molecule has 2 heteroatoms. The van der Waals surface area contributed by atoms with E-state index in [1.165, 1.54) is 71.0 Å². The molecule has 2 nitrogen and oxygen atoms in total. The third kappa shape index (κ3) is 4.21. The van der Waals surface area contributed by atoms with Crippen molar-refractivity contribution >= 4 is 0 Å². The molecule has 0 aromatic heterocycles. The Hall–Kier alpha value is -0.0800. The van der Waals surface area contributed by atoms with Gasteiger partial charge in [0.15, 0.2) is 0 Å². The third-order valence-electron chi connectivity index (χ3n) is 5.76. The van der Waals surface area contributed by atoms with Gasteiger partial charge in [-0.1, -0.05) is 33.6 Å². The Balaban J connectivity index is 1.97. The summed E-state index contributed by atoms with van der Waals surface area (Å²) in [4.78, 5) is 2.85. The highest BCUT2D eigenvalue weighted by atomic mass is 15.2. The highest BCUT2D eigenvalue weighted by Crippen LogP contribution is 2.33. The van der Waals surface area contributed by atoms with Crippen LogP contribution in [0.25, 0.3) is 0 Å². The fourth-order valence-electron chi connectivity index (χ4n) is 4.31. The van der Waals surface area contributed by atoms with E-state index in [9.17, 15) is 0 Å². The molecule has 0 aromatic rings. The summed E-state index contributed by atoms with van der Waals surface area (Å²) in [7, 11) is 0. The molecule has 0 aromatic carbocycles. The average Bonchev–Trinajstić information content (AvgIpc) is 2.52. The van der Waals surface area contributed by atoms with Crippen LogP contribution in [-0.2, 0) is 0 Å². The van der Waals surface area contributed by atoms with Gasteiger partial charge in [0, 0.05) is 18.6 Å². The Bertz CT molecular complexity index is 266. The van der Waals surface area contributed by atoms with Crippen molar-refractivity contribution in [2.45, 2.75) is 84.2 Å². The van der Waals surface area contributed by atoms with E-state index in [0.717, 1.165) is 23.9 Å². The van der Waals surface area contributed by atoms with Crippen LogP contribution < -0.4 is 5.32 Å². The molecule has 4 unspecified atom stereocenters. The summed E-state index contributed by atoms with van der Waals surface area (Å²) < 4.78 is 0. The molecular weight excluding hydrogens is 244 g/mol. The van der Waals surface area contributed by atoms with Gasteiger partial charge in [0.25, 0.3) is 0 Å². The Labute approximate surface area is 126 Å². The quantitative estimate of drug-likeness (QED) is 0.789. The smallest absolute Gasteiger partial charge is 0.0252 e. The first-order chi connectivity index (χ1) is 9.78. The van der Waals surface area contributed by atoms with E-state index >= 15 is 0 Å². The predicted molar refractivity (Wildman–Crippen MR) is 88.1 cm³/mol. The van der Waals surface area contributed by atoms with Gasteiger partial charge in [0.05, 0.1) is 0 Å². The van der Waals surface area contributed by atoms with E-state index < -0.39 is 0 Å². The number of rotatable bonds is 6. The third-order valence-corrected chi connectivity index (χ3v) is 5.76. The lowest BCUT2D eigenvalue weighted by atomic mass is 9.79. The van der Waals surface area contributed by atoms with E-state index in [0.29, 0.717) is 0 Å². The van der Waals surface area contributed by atoms with Crippen molar-refractivity contribution in [3.63, 3.8) is 0 Å². The Morgan fingerprint density at radius 1 is 1.00 bits per heavy atom. The number of likely N-dealkylation sites (tertiary alicyclic amines) is 1. The second kappa shape index (κ2) is 8.38. The van der Waals surface area contributed by atoms with Crippen molar-refractivity contribution in [2.24, 2.45) is 11.8 Å². The minimum atomic E-state index is 0.758. The minimum Gasteiger partial charge on any atom is -0.312 e. The molecule has 1 N–H and O–H groups in total. The first-order valence-corrected chi connectivity index (χ1v) is 9.25. The molecule has 20 heavy (non-hydrogen) atoms. The van der Waals surface area contributed by atoms with Crippen LogP contribution in [0.1, 0.15) is 72.1 Å². The van der Waals surface area contributed by atoms with E-state index in [4.69, 9.17) is 0 Å². The topological polar surface area (TPSA) is 15.3 Å². The summed E-state index contributed by atoms with van der Waals surface area (Å²) >= 11 is 0. The number of nitrogens with one attached hydrogen (secondary N) is 1. The number of piperidine rings is 1. The molecule has 0 bridgehead atoms. The van der Waals surface area contributed by atoms with Crippen LogP contribution >= 0.6 is 0 Å². The van der Waals surface area contributed by atoms with Crippen LogP contribution in [0.2, 0.25) is 0 Å². The summed E-state index contributed by atoms with van der Waals surface area (Å²) in [5, 5.41) is 3.85. The minimum absolute atomic E-state index is 0.758. The maximum atomic E-state index is 3.85. The van der Waals surface area contributed by atoms with Crippen LogP contribution in [0.4, 0.5) is 0 Å². The maximum Gasteiger partial charge on any atom is 0.0252 e. The molecule has 0 radical (unpaired) electrons. The molecule has 2 aliphatic rings. The molecule has 1 heterocycles. The lowest BCUT2D eigenvalue weighted by molar-refractivity contribution is 0.0571. The Morgan fingerprint density at radius 3 is 2.50 bits per heavy atom. The highest BCUT2D eigenvalue weighted by molar-refractivity contribution is 4.92. The van der Waals surface area contributed by atoms with E-state index in [-0.39, 0.29) is 0 Å². The predicted octanol–water partition coefficient (Wildman–Crippen LogP) is 4.06. The SMILES string of the molecule is CCCNC1CCC(CC)CC1N1CCCC(CC)C1. The summed E-state index contributed by atoms with van der Waals surface area (Å²) in [6, 6.07) is 1.57. The lowest BCUT2D eigenvalue weighted by Crippen LogP contribution is -2.55. The van der Waals surface area contributed by atoms with Gasteiger partial charge in [0.2, 0.25) is 0 Å². The molecule has 118 valence electrons. The van der Waals surface area contributed by atoms with E-state index in [1.807, 2.05) is 0 Å². The molecule has 0 spiro atoms. The summed E-state index contributed by atoms with van der Waals surface area (Å²) in [6.45, 7) is 10.9. The van der Waals surface area contributed by atoms with Gasteiger partial charge in [-0.25, -0.2) is 0 Å². The zero-order chi connectivity index (χ0) is 14.4. The van der Waals surface area contributed by atoms with Gasteiger partial charge in [-0.05, 0) is 63.5 Å². The van der Waals surface area contributed by atoms with Gasteiger partial charge in [-0.3, -0.25) is 4.90 Å². The van der Waals surface area contributed by atoms with E-state index in [2.05, 4.69) is 31.0 Å². The number of hydrogen-bond acceptors (Lipinski definition) is 2. The Kier molecular flexibility index (Phi) is 6.83. The monoisotopic (exact) mass is 280 g/mol. The van der Waals surface area contributed by atoms with Crippen molar-refractivity contribution in [3.05, 3.63) is 0 Å². The molecule has 1 saturated carbocycles. The normalized spacial score (nSPS) is 36.1.